The average molecular weight is 942 g/mol. The molecule has 3 atom stereocenters. The van der Waals surface area contributed by atoms with Crippen molar-refractivity contribution in [1.82, 2.24) is 5.32 Å². The SMILES string of the molecule is CCCCC/C=C\C/C=C\CCCCCCCCCCCC(=O)NC(COP(=O)(O)OCC(O)COC(=O)CCCCCCCCCCCCCCCCCCCCCCCC)C(=O)O. The van der Waals surface area contributed by atoms with Gasteiger partial charge in [0.2, 0.25) is 5.91 Å². The summed E-state index contributed by atoms with van der Waals surface area (Å²) in [6.07, 6.45) is 53.4. The number of carboxylic acid groups (broad SMARTS) is 1. The van der Waals surface area contributed by atoms with E-state index < -0.39 is 57.6 Å². The molecular formula is C53H100NO10P. The van der Waals surface area contributed by atoms with Gasteiger partial charge in [0.1, 0.15) is 12.7 Å². The van der Waals surface area contributed by atoms with E-state index in [0.29, 0.717) is 12.8 Å². The van der Waals surface area contributed by atoms with Gasteiger partial charge in [0.05, 0.1) is 13.2 Å². The lowest BCUT2D eigenvalue weighted by atomic mass is 10.0. The van der Waals surface area contributed by atoms with Gasteiger partial charge >= 0.3 is 19.8 Å². The maximum absolute atomic E-state index is 12.4. The number of esters is 1. The molecule has 4 N–H and O–H groups in total. The lowest BCUT2D eigenvalue weighted by molar-refractivity contribution is -0.147. The standard InChI is InChI=1S/C53H100NO10P/c1-3-5-7-9-11-13-15-17-19-21-23-24-25-27-29-31-33-35-37-39-41-43-45-52(57)62-46-49(55)47-63-65(60,61)64-48-50(53(58)59)54-51(56)44-42-40-38-36-34-32-30-28-26-22-20-18-16-14-12-10-8-6-4-2/h12,14,18,20,49-50,55H,3-11,13,15-17,19,21-48H2,1-2H3,(H,54,56)(H,58,59)(H,60,61)/b14-12-,20-18-. The van der Waals surface area contributed by atoms with Crippen LogP contribution in [0.4, 0.5) is 0 Å². The molecular weight excluding hydrogens is 842 g/mol. The van der Waals surface area contributed by atoms with Crippen molar-refractivity contribution >= 4 is 25.7 Å². The van der Waals surface area contributed by atoms with Crippen molar-refractivity contribution in [2.24, 2.45) is 0 Å². The van der Waals surface area contributed by atoms with Gasteiger partial charge in [-0.3, -0.25) is 18.6 Å². The van der Waals surface area contributed by atoms with Crippen LogP contribution in [0.5, 0.6) is 0 Å². The topological polar surface area (TPSA) is 169 Å². The van der Waals surface area contributed by atoms with Crippen LogP contribution < -0.4 is 5.32 Å². The first-order chi connectivity index (χ1) is 31.6. The third-order valence-corrected chi connectivity index (χ3v) is 12.9. The summed E-state index contributed by atoms with van der Waals surface area (Å²) in [7, 11) is -4.76. The van der Waals surface area contributed by atoms with Crippen LogP contribution in [0.2, 0.25) is 0 Å². The number of aliphatic carboxylic acids is 1. The summed E-state index contributed by atoms with van der Waals surface area (Å²) in [5.41, 5.74) is 0. The highest BCUT2D eigenvalue weighted by Gasteiger charge is 2.28. The van der Waals surface area contributed by atoms with Crippen LogP contribution in [0, 0.1) is 0 Å². The predicted molar refractivity (Wildman–Crippen MR) is 268 cm³/mol. The summed E-state index contributed by atoms with van der Waals surface area (Å²) in [6.45, 7) is 2.62. The second-order valence-corrected chi connectivity index (χ2v) is 19.9. The van der Waals surface area contributed by atoms with E-state index in [2.05, 4.69) is 43.5 Å². The number of amides is 1. The second kappa shape index (κ2) is 48.4. The van der Waals surface area contributed by atoms with E-state index in [4.69, 9.17) is 13.8 Å². The molecule has 11 nitrogen and oxygen atoms in total. The van der Waals surface area contributed by atoms with E-state index >= 15 is 0 Å². The van der Waals surface area contributed by atoms with Gasteiger partial charge in [0, 0.05) is 12.8 Å². The number of nitrogens with one attached hydrogen (secondary N) is 1. The molecule has 0 bridgehead atoms. The van der Waals surface area contributed by atoms with Crippen molar-refractivity contribution in [3.8, 4) is 0 Å². The molecule has 0 aromatic rings. The van der Waals surface area contributed by atoms with E-state index in [9.17, 15) is 34.1 Å². The molecule has 0 fully saturated rings. The summed E-state index contributed by atoms with van der Waals surface area (Å²) >= 11 is 0. The fourth-order valence-electron chi connectivity index (χ4n) is 7.82. The Morgan fingerprint density at radius 2 is 0.846 bits per heavy atom. The summed E-state index contributed by atoms with van der Waals surface area (Å²) in [5.74, 6) is -2.36. The van der Waals surface area contributed by atoms with Crippen LogP contribution in [0.25, 0.3) is 0 Å². The van der Waals surface area contributed by atoms with Crippen LogP contribution in [-0.2, 0) is 32.7 Å². The molecule has 0 aliphatic carbocycles. The number of hydrogen-bond acceptors (Lipinski definition) is 8. The van der Waals surface area contributed by atoms with E-state index in [1.807, 2.05) is 0 Å². The third-order valence-electron chi connectivity index (χ3n) is 12.0. The highest BCUT2D eigenvalue weighted by atomic mass is 31.2. The molecule has 0 aliphatic rings. The van der Waals surface area contributed by atoms with E-state index in [1.165, 1.54) is 167 Å². The summed E-state index contributed by atoms with van der Waals surface area (Å²) in [5, 5.41) is 21.9. The zero-order valence-electron chi connectivity index (χ0n) is 41.8. The lowest BCUT2D eigenvalue weighted by Gasteiger charge is -2.18. The van der Waals surface area contributed by atoms with E-state index in [0.717, 1.165) is 57.8 Å². The number of hydrogen-bond donors (Lipinski definition) is 4. The van der Waals surface area contributed by atoms with Gasteiger partial charge in [-0.05, 0) is 44.9 Å². The number of carbonyl (C=O) groups is 3. The van der Waals surface area contributed by atoms with E-state index in [-0.39, 0.29) is 12.8 Å². The number of aliphatic hydroxyl groups excluding tert-OH is 1. The number of carbonyl (C=O) groups excluding carboxylic acids is 2. The Balaban J connectivity index is 3.77. The molecule has 0 aliphatic heterocycles. The minimum atomic E-state index is -4.76. The molecule has 382 valence electrons. The predicted octanol–water partition coefficient (Wildman–Crippen LogP) is 15.0. The maximum Gasteiger partial charge on any atom is 0.472 e. The third kappa shape index (κ3) is 48.2. The van der Waals surface area contributed by atoms with Crippen molar-refractivity contribution in [2.45, 2.75) is 276 Å². The largest absolute Gasteiger partial charge is 0.480 e. The van der Waals surface area contributed by atoms with Gasteiger partial charge in [-0.15, -0.1) is 0 Å². The monoisotopic (exact) mass is 942 g/mol. The van der Waals surface area contributed by atoms with E-state index in [1.54, 1.807) is 0 Å². The molecule has 12 heteroatoms. The number of phosphoric acid groups is 1. The highest BCUT2D eigenvalue weighted by Crippen LogP contribution is 2.43. The number of unbranched alkanes of at least 4 members (excludes halogenated alkanes) is 33. The van der Waals surface area contributed by atoms with Crippen molar-refractivity contribution in [2.75, 3.05) is 19.8 Å². The zero-order chi connectivity index (χ0) is 47.7. The number of rotatable bonds is 51. The minimum Gasteiger partial charge on any atom is -0.480 e. The molecule has 0 aromatic heterocycles. The Hall–Kier alpha value is -2.04. The average Bonchev–Trinajstić information content (AvgIpc) is 3.28. The minimum absolute atomic E-state index is 0.143. The second-order valence-electron chi connectivity index (χ2n) is 18.4. The van der Waals surface area contributed by atoms with Gasteiger partial charge in [-0.25, -0.2) is 9.36 Å². The Labute approximate surface area is 398 Å². The van der Waals surface area contributed by atoms with Crippen molar-refractivity contribution in [1.29, 1.82) is 0 Å². The number of phosphoric ester groups is 1. The number of allylic oxidation sites excluding steroid dienone is 4. The Kier molecular flexibility index (Phi) is 46.9. The molecule has 0 spiro atoms. The molecule has 0 aromatic carbocycles. The van der Waals surface area contributed by atoms with Gasteiger partial charge in [0.25, 0.3) is 0 Å². The molecule has 1 amide bonds. The normalized spacial score (nSPS) is 13.7. The Morgan fingerprint density at radius 3 is 1.28 bits per heavy atom. The first kappa shape index (κ1) is 63.0. The van der Waals surface area contributed by atoms with Crippen LogP contribution in [0.3, 0.4) is 0 Å². The van der Waals surface area contributed by atoms with Crippen LogP contribution >= 0.6 is 7.82 Å². The highest BCUT2D eigenvalue weighted by molar-refractivity contribution is 7.47. The van der Waals surface area contributed by atoms with Crippen LogP contribution in [-0.4, -0.2) is 64.9 Å². The zero-order valence-corrected chi connectivity index (χ0v) is 42.7. The Bertz CT molecular complexity index is 1200. The summed E-state index contributed by atoms with van der Waals surface area (Å²) in [4.78, 5) is 46.2. The molecule has 65 heavy (non-hydrogen) atoms. The molecule has 0 rings (SSSR count). The van der Waals surface area contributed by atoms with Gasteiger partial charge in [-0.2, -0.15) is 0 Å². The number of ether oxygens (including phenoxy) is 1. The van der Waals surface area contributed by atoms with Crippen LogP contribution in [0.1, 0.15) is 264 Å². The van der Waals surface area contributed by atoms with Crippen LogP contribution in [0.15, 0.2) is 24.3 Å². The molecule has 0 saturated heterocycles. The van der Waals surface area contributed by atoms with Crippen molar-refractivity contribution in [3.05, 3.63) is 24.3 Å². The number of aliphatic hydroxyl groups is 1. The summed E-state index contributed by atoms with van der Waals surface area (Å²) in [6, 6.07) is -1.55. The first-order valence-electron chi connectivity index (χ1n) is 26.9. The smallest absolute Gasteiger partial charge is 0.472 e. The van der Waals surface area contributed by atoms with Gasteiger partial charge in [-0.1, -0.05) is 231 Å². The maximum atomic E-state index is 12.4. The fraction of sp³-hybridized carbons (Fsp3) is 0.868. The Morgan fingerprint density at radius 1 is 0.492 bits per heavy atom. The van der Waals surface area contributed by atoms with Gasteiger partial charge in [0.15, 0.2) is 6.04 Å². The summed E-state index contributed by atoms with van der Waals surface area (Å²) < 4.78 is 27.0. The first-order valence-corrected chi connectivity index (χ1v) is 28.4. The number of carboxylic acids is 1. The van der Waals surface area contributed by atoms with Crippen molar-refractivity contribution in [3.63, 3.8) is 0 Å². The molecule has 0 heterocycles. The quantitative estimate of drug-likeness (QED) is 0.0199. The molecule has 3 unspecified atom stereocenters. The van der Waals surface area contributed by atoms with Gasteiger partial charge < -0.3 is 25.2 Å². The molecule has 0 saturated carbocycles. The lowest BCUT2D eigenvalue weighted by Crippen LogP contribution is -2.43. The fourth-order valence-corrected chi connectivity index (χ4v) is 8.59. The molecule has 0 radical (unpaired) electrons. The van der Waals surface area contributed by atoms with Crippen molar-refractivity contribution < 1.29 is 47.8 Å².